The zero-order chi connectivity index (χ0) is 6.15. The lowest BCUT2D eigenvalue weighted by molar-refractivity contribution is 1.38. The first-order chi connectivity index (χ1) is 3.70. The van der Waals surface area contributed by atoms with Crippen molar-refractivity contribution in [1.29, 1.82) is 0 Å². The van der Waals surface area contributed by atoms with Gasteiger partial charge in [0.25, 0.3) is 0 Å². The Morgan fingerprint density at radius 2 is 2.38 bits per heavy atom. The van der Waals surface area contributed by atoms with E-state index in [1.807, 2.05) is 0 Å². The molecule has 0 radical (unpaired) electrons. The van der Waals surface area contributed by atoms with Crippen LogP contribution in [0.3, 0.4) is 0 Å². The van der Waals surface area contributed by atoms with Gasteiger partial charge in [0.1, 0.15) is 5.00 Å². The molecule has 1 heterocycles. The minimum absolute atomic E-state index is 0.416. The van der Waals surface area contributed by atoms with E-state index in [0.29, 0.717) is 10.2 Å². The van der Waals surface area contributed by atoms with Crippen molar-refractivity contribution in [2.24, 2.45) is 0 Å². The molecule has 0 atom stereocenters. The number of nitrogens with zero attached hydrogens (tertiary/aromatic N) is 1. The van der Waals surface area contributed by atoms with Crippen LogP contribution < -0.4 is 5.73 Å². The van der Waals surface area contributed by atoms with Gasteiger partial charge in [-0.25, -0.2) is 4.98 Å². The van der Waals surface area contributed by atoms with Crippen molar-refractivity contribution >= 4 is 50.5 Å². The highest BCUT2D eigenvalue weighted by Crippen LogP contribution is 2.25. The van der Waals surface area contributed by atoms with E-state index >= 15 is 0 Å². The number of aromatic nitrogens is 1. The Bertz CT molecular complexity index is 180. The lowest BCUT2D eigenvalue weighted by Gasteiger charge is -1.75. The Hall–Kier alpha value is 0.450. The van der Waals surface area contributed by atoms with Crippen LogP contribution in [0.15, 0.2) is 0 Å². The number of hydrogen-bond acceptors (Lipinski definition) is 3. The molecule has 2 nitrogen and oxygen atoms in total. The second kappa shape index (κ2) is 2.36. The van der Waals surface area contributed by atoms with Gasteiger partial charge in [-0.05, 0) is 22.6 Å². The number of nitrogens with two attached hydrogens (primary N) is 1. The number of halogens is 2. The predicted octanol–water partition coefficient (Wildman–Crippen LogP) is 1.98. The van der Waals surface area contributed by atoms with E-state index in [-0.39, 0.29) is 0 Å². The maximum absolute atomic E-state index is 5.50. The van der Waals surface area contributed by atoms with E-state index in [4.69, 9.17) is 17.3 Å². The summed E-state index contributed by atoms with van der Waals surface area (Å²) in [5.74, 6) is 0. The van der Waals surface area contributed by atoms with Crippen LogP contribution in [0, 0.1) is 3.01 Å². The van der Waals surface area contributed by atoms with Crippen LogP contribution in [0.1, 0.15) is 0 Å². The summed E-state index contributed by atoms with van der Waals surface area (Å²) in [6.45, 7) is 0. The summed E-state index contributed by atoms with van der Waals surface area (Å²) in [5, 5.41) is 1.01. The van der Waals surface area contributed by atoms with Crippen molar-refractivity contribution < 1.29 is 0 Å². The molecule has 0 unspecified atom stereocenters. The summed E-state index contributed by atoms with van der Waals surface area (Å²) in [5.41, 5.74) is 5.36. The highest BCUT2D eigenvalue weighted by molar-refractivity contribution is 14.1. The van der Waals surface area contributed by atoms with Crippen LogP contribution in [0.25, 0.3) is 0 Å². The maximum Gasteiger partial charge on any atom is 0.164 e. The van der Waals surface area contributed by atoms with Gasteiger partial charge in [-0.15, -0.1) is 0 Å². The lowest BCUT2D eigenvalue weighted by Crippen LogP contribution is -1.76. The van der Waals surface area contributed by atoms with Crippen molar-refractivity contribution in [2.45, 2.75) is 0 Å². The third-order valence-electron chi connectivity index (χ3n) is 0.584. The molecule has 1 rings (SSSR count). The van der Waals surface area contributed by atoms with E-state index in [9.17, 15) is 0 Å². The molecule has 8 heavy (non-hydrogen) atoms. The molecule has 0 bridgehead atoms. The molecular weight excluding hydrogens is 258 g/mol. The van der Waals surface area contributed by atoms with E-state index in [0.717, 1.165) is 3.01 Å². The number of hydrogen-bond donors (Lipinski definition) is 1. The fraction of sp³-hybridized carbons (Fsp3) is 0. The fourth-order valence-corrected chi connectivity index (χ4v) is 2.08. The summed E-state index contributed by atoms with van der Waals surface area (Å²) in [4.78, 5) is 3.86. The molecule has 1 aromatic heterocycles. The zero-order valence-corrected chi connectivity index (χ0v) is 7.42. The quantitative estimate of drug-likeness (QED) is 0.725. The molecule has 0 aliphatic rings. The first-order valence-corrected chi connectivity index (χ1v) is 4.05. The minimum Gasteiger partial charge on any atom is -0.388 e. The van der Waals surface area contributed by atoms with Gasteiger partial charge < -0.3 is 5.73 Å². The molecular formula is C3H2ClIN2S. The third-order valence-corrected chi connectivity index (χ3v) is 2.56. The molecule has 0 fully saturated rings. The van der Waals surface area contributed by atoms with Crippen molar-refractivity contribution in [3.8, 4) is 0 Å². The highest BCUT2D eigenvalue weighted by atomic mass is 127. The number of rotatable bonds is 0. The van der Waals surface area contributed by atoms with E-state index in [1.165, 1.54) is 11.3 Å². The average Bonchev–Trinajstić information content (AvgIpc) is 1.85. The first kappa shape index (κ1) is 6.57. The summed E-state index contributed by atoms with van der Waals surface area (Å²) in [6, 6.07) is 0. The van der Waals surface area contributed by atoms with Gasteiger partial charge in [0.05, 0.1) is 0 Å². The monoisotopic (exact) mass is 260 g/mol. The van der Waals surface area contributed by atoms with Crippen LogP contribution in [-0.4, -0.2) is 4.98 Å². The molecule has 0 aliphatic carbocycles. The molecule has 1 aromatic rings. The van der Waals surface area contributed by atoms with Gasteiger partial charge in [-0.2, -0.15) is 0 Å². The minimum atomic E-state index is 0.416. The van der Waals surface area contributed by atoms with Gasteiger partial charge in [0, 0.05) is 0 Å². The lowest BCUT2D eigenvalue weighted by atomic mass is 10.9. The molecule has 2 N–H and O–H groups in total. The van der Waals surface area contributed by atoms with Crippen LogP contribution in [0.2, 0.25) is 5.15 Å². The van der Waals surface area contributed by atoms with Crippen LogP contribution in [0.4, 0.5) is 5.00 Å². The summed E-state index contributed by atoms with van der Waals surface area (Å²) in [6.07, 6.45) is 0. The molecule has 0 saturated heterocycles. The standard InChI is InChI=1S/C3H2ClIN2S/c4-1-2(6)8-3(5)7-1/h6H2. The van der Waals surface area contributed by atoms with Crippen LogP contribution >= 0.6 is 45.5 Å². The Kier molecular flexibility index (Phi) is 1.94. The Morgan fingerprint density at radius 1 is 1.75 bits per heavy atom. The second-order valence-electron chi connectivity index (χ2n) is 1.12. The van der Waals surface area contributed by atoms with Gasteiger partial charge in [-0.1, -0.05) is 22.9 Å². The zero-order valence-electron chi connectivity index (χ0n) is 3.69. The Balaban J connectivity index is 3.14. The van der Waals surface area contributed by atoms with Gasteiger partial charge in [0.15, 0.2) is 8.17 Å². The smallest absolute Gasteiger partial charge is 0.164 e. The SMILES string of the molecule is Nc1sc(I)nc1Cl. The van der Waals surface area contributed by atoms with E-state index in [2.05, 4.69) is 27.6 Å². The summed E-state index contributed by atoms with van der Waals surface area (Å²) < 4.78 is 0.880. The van der Waals surface area contributed by atoms with Gasteiger partial charge in [0.2, 0.25) is 0 Å². The Morgan fingerprint density at radius 3 is 2.50 bits per heavy atom. The highest BCUT2D eigenvalue weighted by Gasteiger charge is 2.00. The molecule has 44 valence electrons. The topological polar surface area (TPSA) is 38.9 Å². The van der Waals surface area contributed by atoms with Crippen LogP contribution in [0.5, 0.6) is 0 Å². The van der Waals surface area contributed by atoms with Crippen LogP contribution in [-0.2, 0) is 0 Å². The van der Waals surface area contributed by atoms with Crippen molar-refractivity contribution in [2.75, 3.05) is 5.73 Å². The molecule has 0 saturated carbocycles. The van der Waals surface area contributed by atoms with Crippen molar-refractivity contribution in [3.05, 3.63) is 8.17 Å². The molecule has 0 amide bonds. The van der Waals surface area contributed by atoms with E-state index in [1.54, 1.807) is 0 Å². The predicted molar refractivity (Wildman–Crippen MR) is 44.3 cm³/mol. The average molecular weight is 260 g/mol. The van der Waals surface area contributed by atoms with Crippen molar-refractivity contribution in [3.63, 3.8) is 0 Å². The molecule has 0 spiro atoms. The normalized spacial score (nSPS) is 9.75. The molecule has 0 aliphatic heterocycles. The Labute approximate surface area is 69.2 Å². The summed E-state index contributed by atoms with van der Waals surface area (Å²) in [7, 11) is 0. The number of thiazole rings is 1. The maximum atomic E-state index is 5.50. The van der Waals surface area contributed by atoms with Gasteiger partial charge in [-0.3, -0.25) is 0 Å². The first-order valence-electron chi connectivity index (χ1n) is 1.77. The largest absolute Gasteiger partial charge is 0.388 e. The van der Waals surface area contributed by atoms with Crippen molar-refractivity contribution in [1.82, 2.24) is 4.98 Å². The number of nitrogen functional groups attached to an aromatic ring is 1. The fourth-order valence-electron chi connectivity index (χ4n) is 0.288. The molecule has 5 heteroatoms. The number of anilines is 1. The summed E-state index contributed by atoms with van der Waals surface area (Å²) >= 11 is 8.96. The van der Waals surface area contributed by atoms with Gasteiger partial charge >= 0.3 is 0 Å². The van der Waals surface area contributed by atoms with E-state index < -0.39 is 0 Å². The second-order valence-corrected chi connectivity index (χ2v) is 4.26. The molecule has 0 aromatic carbocycles. The third kappa shape index (κ3) is 1.24.